The van der Waals surface area contributed by atoms with E-state index in [1.807, 2.05) is 6.92 Å². The van der Waals surface area contributed by atoms with Crippen LogP contribution >= 0.6 is 0 Å². The largest absolute Gasteiger partial charge is 0.492 e. The summed E-state index contributed by atoms with van der Waals surface area (Å²) in [7, 11) is 1.48. The second-order valence-electron chi connectivity index (χ2n) is 2.70. The van der Waals surface area contributed by atoms with Crippen LogP contribution in [0.5, 0.6) is 5.75 Å². The van der Waals surface area contributed by atoms with Gasteiger partial charge in [0.1, 0.15) is 12.4 Å². The van der Waals surface area contributed by atoms with Gasteiger partial charge in [0.25, 0.3) is 0 Å². The van der Waals surface area contributed by atoms with E-state index in [1.165, 1.54) is 13.3 Å². The minimum Gasteiger partial charge on any atom is -0.492 e. The van der Waals surface area contributed by atoms with Crippen LogP contribution in [0, 0.1) is 0 Å². The van der Waals surface area contributed by atoms with Crippen molar-refractivity contribution in [3.63, 3.8) is 0 Å². The summed E-state index contributed by atoms with van der Waals surface area (Å²) in [6.07, 6.45) is 3.08. The maximum Gasteiger partial charge on any atom is 0.190 e. The molecule has 0 amide bonds. The van der Waals surface area contributed by atoms with Gasteiger partial charge in [0.15, 0.2) is 5.78 Å². The predicted octanol–water partition coefficient (Wildman–Crippen LogP) is 1.31. The fourth-order valence-corrected chi connectivity index (χ4v) is 1.03. The molecular weight excluding hydrogens is 182 g/mol. The quantitative estimate of drug-likeness (QED) is 0.664. The Hall–Kier alpha value is -1.42. The van der Waals surface area contributed by atoms with Crippen molar-refractivity contribution in [2.45, 2.75) is 6.92 Å². The molecule has 14 heavy (non-hydrogen) atoms. The number of rotatable bonds is 5. The Morgan fingerprint density at radius 1 is 1.50 bits per heavy atom. The predicted molar refractivity (Wildman–Crippen MR) is 51.6 cm³/mol. The Morgan fingerprint density at radius 3 is 2.93 bits per heavy atom. The van der Waals surface area contributed by atoms with Gasteiger partial charge in [0.2, 0.25) is 0 Å². The molecule has 0 bridgehead atoms. The average Bonchev–Trinajstić information content (AvgIpc) is 2.19. The summed E-state index contributed by atoms with van der Waals surface area (Å²) in [6, 6.07) is 1.66. The number of ketones is 1. The lowest BCUT2D eigenvalue weighted by atomic mass is 10.2. The minimum absolute atomic E-state index is 0.0667. The monoisotopic (exact) mass is 195 g/mol. The maximum atomic E-state index is 11.4. The van der Waals surface area contributed by atoms with Crippen molar-refractivity contribution < 1.29 is 14.3 Å². The summed E-state index contributed by atoms with van der Waals surface area (Å²) >= 11 is 0. The minimum atomic E-state index is -0.0958. The third kappa shape index (κ3) is 2.81. The summed E-state index contributed by atoms with van der Waals surface area (Å²) < 4.78 is 9.96. The molecule has 1 aromatic rings. The van der Waals surface area contributed by atoms with Gasteiger partial charge in [-0.1, -0.05) is 0 Å². The van der Waals surface area contributed by atoms with Gasteiger partial charge in [0.05, 0.1) is 12.8 Å². The molecule has 0 aliphatic carbocycles. The van der Waals surface area contributed by atoms with E-state index in [0.29, 0.717) is 17.9 Å². The summed E-state index contributed by atoms with van der Waals surface area (Å²) in [5.74, 6) is 0.510. The lowest BCUT2D eigenvalue weighted by Gasteiger charge is -2.03. The highest BCUT2D eigenvalue weighted by atomic mass is 16.5. The Kier molecular flexibility index (Phi) is 4.07. The van der Waals surface area contributed by atoms with E-state index in [2.05, 4.69) is 4.98 Å². The number of aromatic nitrogens is 1. The fourth-order valence-electron chi connectivity index (χ4n) is 1.03. The molecule has 0 unspecified atom stereocenters. The first-order chi connectivity index (χ1) is 6.77. The van der Waals surface area contributed by atoms with E-state index in [1.54, 1.807) is 12.3 Å². The van der Waals surface area contributed by atoms with Crippen LogP contribution in [0.1, 0.15) is 17.3 Å². The van der Waals surface area contributed by atoms with Crippen LogP contribution in [0.2, 0.25) is 0 Å². The molecule has 1 rings (SSSR count). The van der Waals surface area contributed by atoms with Crippen LogP contribution in [-0.4, -0.2) is 31.1 Å². The molecule has 0 aromatic carbocycles. The number of pyridine rings is 1. The SMILES string of the molecule is CCOc1cncc(C(=O)COC)c1. The van der Waals surface area contributed by atoms with Crippen molar-refractivity contribution in [3.8, 4) is 5.75 Å². The second-order valence-corrected chi connectivity index (χ2v) is 2.70. The summed E-state index contributed by atoms with van der Waals surface area (Å²) in [4.78, 5) is 15.3. The van der Waals surface area contributed by atoms with Gasteiger partial charge >= 0.3 is 0 Å². The summed E-state index contributed by atoms with van der Waals surface area (Å²) in [5.41, 5.74) is 0.512. The molecule has 1 heterocycles. The van der Waals surface area contributed by atoms with Crippen LogP contribution < -0.4 is 4.74 Å². The van der Waals surface area contributed by atoms with Crippen LogP contribution in [-0.2, 0) is 4.74 Å². The van der Waals surface area contributed by atoms with E-state index in [-0.39, 0.29) is 12.4 Å². The van der Waals surface area contributed by atoms with E-state index in [4.69, 9.17) is 9.47 Å². The Morgan fingerprint density at radius 2 is 2.29 bits per heavy atom. The summed E-state index contributed by atoms with van der Waals surface area (Å²) in [6.45, 7) is 2.50. The fraction of sp³-hybridized carbons (Fsp3) is 0.400. The van der Waals surface area contributed by atoms with Crippen molar-refractivity contribution in [2.75, 3.05) is 20.3 Å². The second kappa shape index (κ2) is 5.34. The molecule has 0 radical (unpaired) electrons. The molecule has 4 nitrogen and oxygen atoms in total. The Balaban J connectivity index is 2.77. The molecule has 76 valence electrons. The maximum absolute atomic E-state index is 11.4. The van der Waals surface area contributed by atoms with Gasteiger partial charge in [-0.05, 0) is 13.0 Å². The number of methoxy groups -OCH3 is 1. The van der Waals surface area contributed by atoms with E-state index >= 15 is 0 Å². The van der Waals surface area contributed by atoms with Gasteiger partial charge < -0.3 is 9.47 Å². The standard InChI is InChI=1S/C10H13NO3/c1-3-14-9-4-8(5-11-6-9)10(12)7-13-2/h4-6H,3,7H2,1-2H3. The molecule has 0 aliphatic heterocycles. The lowest BCUT2D eigenvalue weighted by molar-refractivity contribution is 0.0847. The number of hydrogen-bond acceptors (Lipinski definition) is 4. The van der Waals surface area contributed by atoms with Gasteiger partial charge in [-0.15, -0.1) is 0 Å². The number of carbonyl (C=O) groups is 1. The van der Waals surface area contributed by atoms with Crippen molar-refractivity contribution >= 4 is 5.78 Å². The van der Waals surface area contributed by atoms with E-state index in [9.17, 15) is 4.79 Å². The van der Waals surface area contributed by atoms with Gasteiger partial charge in [-0.25, -0.2) is 0 Å². The van der Waals surface area contributed by atoms with Crippen molar-refractivity contribution in [1.29, 1.82) is 0 Å². The first kappa shape index (κ1) is 10.7. The number of nitrogens with zero attached hydrogens (tertiary/aromatic N) is 1. The number of carbonyl (C=O) groups excluding carboxylic acids is 1. The number of ether oxygens (including phenoxy) is 2. The molecule has 0 saturated carbocycles. The lowest BCUT2D eigenvalue weighted by Crippen LogP contribution is -2.07. The topological polar surface area (TPSA) is 48.4 Å². The third-order valence-electron chi connectivity index (χ3n) is 1.62. The zero-order valence-corrected chi connectivity index (χ0v) is 8.32. The van der Waals surface area contributed by atoms with Gasteiger partial charge in [-0.3, -0.25) is 9.78 Å². The smallest absolute Gasteiger partial charge is 0.190 e. The molecular formula is C10H13NO3. The van der Waals surface area contributed by atoms with Crippen molar-refractivity contribution in [1.82, 2.24) is 4.98 Å². The number of Topliss-reactive ketones (excluding diaryl/α,β-unsaturated/α-hetero) is 1. The molecule has 0 N–H and O–H groups in total. The first-order valence-electron chi connectivity index (χ1n) is 4.38. The third-order valence-corrected chi connectivity index (χ3v) is 1.62. The van der Waals surface area contributed by atoms with E-state index < -0.39 is 0 Å². The number of hydrogen-bond donors (Lipinski definition) is 0. The molecule has 0 aliphatic rings. The molecule has 0 saturated heterocycles. The molecule has 1 aromatic heterocycles. The zero-order valence-electron chi connectivity index (χ0n) is 8.32. The average molecular weight is 195 g/mol. The van der Waals surface area contributed by atoms with Crippen molar-refractivity contribution in [3.05, 3.63) is 24.0 Å². The molecule has 0 spiro atoms. The highest BCUT2D eigenvalue weighted by molar-refractivity contribution is 5.97. The van der Waals surface area contributed by atoms with E-state index in [0.717, 1.165) is 0 Å². The van der Waals surface area contributed by atoms with Crippen LogP contribution in [0.4, 0.5) is 0 Å². The van der Waals surface area contributed by atoms with Crippen LogP contribution in [0.25, 0.3) is 0 Å². The first-order valence-corrected chi connectivity index (χ1v) is 4.38. The highest BCUT2D eigenvalue weighted by Crippen LogP contribution is 2.11. The Bertz CT molecular complexity index is 312. The molecule has 4 heteroatoms. The van der Waals surface area contributed by atoms with Crippen LogP contribution in [0.15, 0.2) is 18.5 Å². The van der Waals surface area contributed by atoms with Gasteiger partial charge in [-0.2, -0.15) is 0 Å². The molecule has 0 fully saturated rings. The highest BCUT2D eigenvalue weighted by Gasteiger charge is 2.06. The zero-order chi connectivity index (χ0) is 10.4. The van der Waals surface area contributed by atoms with Crippen LogP contribution in [0.3, 0.4) is 0 Å². The van der Waals surface area contributed by atoms with Gasteiger partial charge in [0, 0.05) is 18.9 Å². The summed E-state index contributed by atoms with van der Waals surface area (Å²) in [5, 5.41) is 0. The van der Waals surface area contributed by atoms with Crippen molar-refractivity contribution in [2.24, 2.45) is 0 Å². The molecule has 0 atom stereocenters. The normalized spacial score (nSPS) is 9.86. The Labute approximate surface area is 82.9 Å².